The summed E-state index contributed by atoms with van der Waals surface area (Å²) in [4.78, 5) is 1.19. The minimum Gasteiger partial charge on any atom is -0.397 e. The smallest absolute Gasteiger partial charge is 0.0672 e. The fourth-order valence-electron chi connectivity index (χ4n) is 2.01. The number of nitrogens with two attached hydrogens (primary N) is 1. The highest BCUT2D eigenvalue weighted by Gasteiger charge is 2.06. The van der Waals surface area contributed by atoms with Crippen LogP contribution in [0.3, 0.4) is 0 Å². The molecule has 0 radical (unpaired) electrons. The molecule has 0 atom stereocenters. The van der Waals surface area contributed by atoms with Crippen LogP contribution in [0.2, 0.25) is 0 Å². The van der Waals surface area contributed by atoms with Gasteiger partial charge in [-0.05, 0) is 30.5 Å². The number of fused-ring (bicyclic) bond motifs is 1. The van der Waals surface area contributed by atoms with Crippen molar-refractivity contribution in [2.24, 2.45) is 0 Å². The molecule has 0 saturated heterocycles. The van der Waals surface area contributed by atoms with E-state index in [4.69, 9.17) is 5.73 Å². The first-order chi connectivity index (χ1) is 9.28. The molecular formula is C14H14N4S. The molecule has 0 aliphatic heterocycles. The maximum Gasteiger partial charge on any atom is 0.0672 e. The van der Waals surface area contributed by atoms with Crippen molar-refractivity contribution in [2.75, 3.05) is 17.3 Å². The summed E-state index contributed by atoms with van der Waals surface area (Å²) in [5.41, 5.74) is 9.70. The van der Waals surface area contributed by atoms with Gasteiger partial charge in [-0.25, -0.2) is 0 Å². The molecule has 0 saturated carbocycles. The zero-order chi connectivity index (χ0) is 13.2. The number of rotatable bonds is 3. The highest BCUT2D eigenvalue weighted by Crippen LogP contribution is 2.32. The van der Waals surface area contributed by atoms with E-state index in [1.807, 2.05) is 30.3 Å². The van der Waals surface area contributed by atoms with E-state index in [1.54, 1.807) is 18.0 Å². The average Bonchev–Trinajstić information content (AvgIpc) is 2.87. The van der Waals surface area contributed by atoms with Crippen molar-refractivity contribution in [2.45, 2.75) is 4.90 Å². The molecule has 0 unspecified atom stereocenters. The number of H-pyrrole nitrogens is 1. The molecule has 0 fully saturated rings. The first kappa shape index (κ1) is 11.9. The summed E-state index contributed by atoms with van der Waals surface area (Å²) in [7, 11) is 0. The van der Waals surface area contributed by atoms with Crippen molar-refractivity contribution >= 4 is 39.7 Å². The molecule has 0 aliphatic rings. The van der Waals surface area contributed by atoms with Gasteiger partial charge in [-0.15, -0.1) is 11.8 Å². The van der Waals surface area contributed by atoms with Crippen molar-refractivity contribution in [3.05, 3.63) is 42.6 Å². The Morgan fingerprint density at radius 3 is 2.89 bits per heavy atom. The van der Waals surface area contributed by atoms with Gasteiger partial charge in [0, 0.05) is 10.3 Å². The monoisotopic (exact) mass is 270 g/mol. The molecular weight excluding hydrogens is 256 g/mol. The first-order valence-electron chi connectivity index (χ1n) is 5.90. The molecule has 4 N–H and O–H groups in total. The summed E-state index contributed by atoms with van der Waals surface area (Å²) < 4.78 is 0. The summed E-state index contributed by atoms with van der Waals surface area (Å²) in [5.74, 6) is 0. The van der Waals surface area contributed by atoms with Gasteiger partial charge in [-0.1, -0.05) is 12.1 Å². The van der Waals surface area contributed by atoms with Crippen molar-refractivity contribution in [3.63, 3.8) is 0 Å². The van der Waals surface area contributed by atoms with Gasteiger partial charge in [0.15, 0.2) is 0 Å². The zero-order valence-corrected chi connectivity index (χ0v) is 11.3. The predicted molar refractivity (Wildman–Crippen MR) is 82.0 cm³/mol. The second kappa shape index (κ2) is 4.85. The van der Waals surface area contributed by atoms with Crippen LogP contribution in [0, 0.1) is 0 Å². The number of nitrogen functional groups attached to an aromatic ring is 1. The average molecular weight is 270 g/mol. The lowest BCUT2D eigenvalue weighted by atomic mass is 10.2. The van der Waals surface area contributed by atoms with Crippen molar-refractivity contribution in [1.82, 2.24) is 10.2 Å². The van der Waals surface area contributed by atoms with Crippen molar-refractivity contribution in [3.8, 4) is 0 Å². The van der Waals surface area contributed by atoms with E-state index < -0.39 is 0 Å². The Bertz CT molecular complexity index is 720. The largest absolute Gasteiger partial charge is 0.397 e. The van der Waals surface area contributed by atoms with Gasteiger partial charge in [-0.2, -0.15) is 5.10 Å². The van der Waals surface area contributed by atoms with Gasteiger partial charge in [0.05, 0.1) is 28.8 Å². The highest BCUT2D eigenvalue weighted by molar-refractivity contribution is 7.98. The van der Waals surface area contributed by atoms with Crippen LogP contribution >= 0.6 is 11.8 Å². The lowest BCUT2D eigenvalue weighted by Crippen LogP contribution is -1.97. The molecule has 2 aromatic carbocycles. The third-order valence-corrected chi connectivity index (χ3v) is 3.78. The number of aromatic amines is 1. The van der Waals surface area contributed by atoms with Crippen LogP contribution < -0.4 is 11.1 Å². The fraction of sp³-hybridized carbons (Fsp3) is 0.0714. The molecule has 19 heavy (non-hydrogen) atoms. The standard InChI is InChI=1S/C14H14N4S/c1-19-14-5-3-2-4-11(14)17-13-7-12-9(6-10(13)15)8-16-18-12/h2-8,17H,15H2,1H3,(H,16,18). The zero-order valence-electron chi connectivity index (χ0n) is 10.5. The highest BCUT2D eigenvalue weighted by atomic mass is 32.2. The van der Waals surface area contributed by atoms with E-state index in [2.05, 4.69) is 27.8 Å². The Morgan fingerprint density at radius 1 is 1.21 bits per heavy atom. The van der Waals surface area contributed by atoms with Gasteiger partial charge in [0.25, 0.3) is 0 Å². The Hall–Kier alpha value is -2.14. The SMILES string of the molecule is CSc1ccccc1Nc1cc2[nH]ncc2cc1N. The van der Waals surface area contributed by atoms with Crippen LogP contribution in [0.1, 0.15) is 0 Å². The molecule has 3 aromatic rings. The van der Waals surface area contributed by atoms with E-state index in [0.717, 1.165) is 22.3 Å². The Labute approximate surface area is 115 Å². The van der Waals surface area contributed by atoms with Crippen LogP contribution in [0.5, 0.6) is 0 Å². The molecule has 5 heteroatoms. The number of benzene rings is 2. The number of hydrogen-bond acceptors (Lipinski definition) is 4. The summed E-state index contributed by atoms with van der Waals surface area (Å²) in [6.45, 7) is 0. The number of nitrogens with one attached hydrogen (secondary N) is 2. The lowest BCUT2D eigenvalue weighted by molar-refractivity contribution is 1.12. The first-order valence-corrected chi connectivity index (χ1v) is 7.13. The topological polar surface area (TPSA) is 66.7 Å². The van der Waals surface area contributed by atoms with Gasteiger partial charge >= 0.3 is 0 Å². The maximum absolute atomic E-state index is 6.07. The third kappa shape index (κ3) is 2.24. The van der Waals surface area contributed by atoms with E-state index in [1.165, 1.54) is 4.90 Å². The minimum absolute atomic E-state index is 0.713. The summed E-state index contributed by atoms with van der Waals surface area (Å²) in [6, 6.07) is 12.1. The number of anilines is 3. The number of aromatic nitrogens is 2. The number of para-hydroxylation sites is 1. The predicted octanol–water partition coefficient (Wildman–Crippen LogP) is 3.61. The molecule has 0 aliphatic carbocycles. The van der Waals surface area contributed by atoms with Gasteiger partial charge < -0.3 is 11.1 Å². The van der Waals surface area contributed by atoms with Crippen molar-refractivity contribution in [1.29, 1.82) is 0 Å². The Balaban J connectivity index is 2.02. The fourth-order valence-corrected chi connectivity index (χ4v) is 2.56. The van der Waals surface area contributed by atoms with Crippen LogP contribution in [0.25, 0.3) is 10.9 Å². The Kier molecular flexibility index (Phi) is 3.05. The summed E-state index contributed by atoms with van der Waals surface area (Å²) in [6.07, 6.45) is 3.83. The minimum atomic E-state index is 0.713. The van der Waals surface area contributed by atoms with Crippen LogP contribution in [-0.2, 0) is 0 Å². The summed E-state index contributed by atoms with van der Waals surface area (Å²) >= 11 is 1.70. The van der Waals surface area contributed by atoms with Gasteiger partial charge in [-0.3, -0.25) is 5.10 Å². The maximum atomic E-state index is 6.07. The normalized spacial score (nSPS) is 10.8. The van der Waals surface area contributed by atoms with Gasteiger partial charge in [0.2, 0.25) is 0 Å². The molecule has 0 amide bonds. The number of thioether (sulfide) groups is 1. The summed E-state index contributed by atoms with van der Waals surface area (Å²) in [5, 5.41) is 11.4. The van der Waals surface area contributed by atoms with Crippen LogP contribution in [-0.4, -0.2) is 16.5 Å². The van der Waals surface area contributed by atoms with Crippen LogP contribution in [0.4, 0.5) is 17.1 Å². The molecule has 0 spiro atoms. The van der Waals surface area contributed by atoms with Crippen LogP contribution in [0.15, 0.2) is 47.5 Å². The number of hydrogen-bond donors (Lipinski definition) is 3. The molecule has 3 rings (SSSR count). The van der Waals surface area contributed by atoms with E-state index in [-0.39, 0.29) is 0 Å². The Morgan fingerprint density at radius 2 is 2.05 bits per heavy atom. The van der Waals surface area contributed by atoms with Crippen molar-refractivity contribution < 1.29 is 0 Å². The number of nitrogens with zero attached hydrogens (tertiary/aromatic N) is 1. The quantitative estimate of drug-likeness (QED) is 0.502. The second-order valence-electron chi connectivity index (χ2n) is 4.22. The molecule has 4 nitrogen and oxygen atoms in total. The van der Waals surface area contributed by atoms with E-state index in [0.29, 0.717) is 5.69 Å². The second-order valence-corrected chi connectivity index (χ2v) is 5.07. The molecule has 0 bridgehead atoms. The third-order valence-electron chi connectivity index (χ3n) is 2.99. The molecule has 96 valence electrons. The van der Waals surface area contributed by atoms with E-state index in [9.17, 15) is 0 Å². The molecule has 1 aromatic heterocycles. The van der Waals surface area contributed by atoms with E-state index >= 15 is 0 Å². The molecule has 1 heterocycles. The lowest BCUT2D eigenvalue weighted by Gasteiger charge is -2.12. The van der Waals surface area contributed by atoms with Gasteiger partial charge in [0.1, 0.15) is 0 Å².